The summed E-state index contributed by atoms with van der Waals surface area (Å²) in [4.78, 5) is 13.0. The molecule has 2 aromatic rings. The second-order valence-electron chi connectivity index (χ2n) is 5.92. The van der Waals surface area contributed by atoms with Gasteiger partial charge in [-0.15, -0.1) is 11.3 Å². The van der Waals surface area contributed by atoms with Crippen LogP contribution in [0.25, 0.3) is 0 Å². The molecule has 1 aromatic carbocycles. The van der Waals surface area contributed by atoms with E-state index in [1.54, 1.807) is 25.3 Å². The van der Waals surface area contributed by atoms with Gasteiger partial charge in [-0.1, -0.05) is 12.1 Å². The van der Waals surface area contributed by atoms with Crippen LogP contribution < -0.4 is 14.8 Å². The Hall–Kier alpha value is -2.05. The molecule has 0 bridgehead atoms. The highest BCUT2D eigenvalue weighted by molar-refractivity contribution is 7.10. The zero-order chi connectivity index (χ0) is 17.0. The molecule has 1 heterocycles. The van der Waals surface area contributed by atoms with Crippen LogP contribution in [0.4, 0.5) is 0 Å². The summed E-state index contributed by atoms with van der Waals surface area (Å²) >= 11 is 1.52. The molecule has 24 heavy (non-hydrogen) atoms. The van der Waals surface area contributed by atoms with Crippen LogP contribution in [0.1, 0.15) is 17.7 Å². The van der Waals surface area contributed by atoms with Gasteiger partial charge in [-0.25, -0.2) is 0 Å². The summed E-state index contributed by atoms with van der Waals surface area (Å²) in [6.45, 7) is 0.108. The molecule has 0 spiro atoms. The number of carbonyl (C=O) groups excluding carboxylic acids is 1. The van der Waals surface area contributed by atoms with Crippen molar-refractivity contribution in [3.05, 3.63) is 46.7 Å². The Morgan fingerprint density at radius 3 is 2.79 bits per heavy atom. The summed E-state index contributed by atoms with van der Waals surface area (Å²) in [6, 6.07) is 10.9. The molecule has 0 aliphatic heterocycles. The van der Waals surface area contributed by atoms with E-state index in [0.29, 0.717) is 11.5 Å². The summed E-state index contributed by atoms with van der Waals surface area (Å²) in [5, 5.41) is 15.7. The minimum Gasteiger partial charge on any atom is -0.497 e. The van der Waals surface area contributed by atoms with Crippen LogP contribution in [0.5, 0.6) is 11.5 Å². The number of hydrogen-bond donors (Lipinski definition) is 2. The van der Waals surface area contributed by atoms with Crippen LogP contribution in [0.15, 0.2) is 41.8 Å². The van der Waals surface area contributed by atoms with E-state index in [1.807, 2.05) is 23.6 Å². The lowest BCUT2D eigenvalue weighted by Gasteiger charge is -2.27. The number of amides is 1. The van der Waals surface area contributed by atoms with Gasteiger partial charge in [0.2, 0.25) is 0 Å². The molecule has 0 saturated heterocycles. The molecular weight excluding hydrogens is 326 g/mol. The van der Waals surface area contributed by atoms with Crippen molar-refractivity contribution >= 4 is 17.2 Å². The summed E-state index contributed by atoms with van der Waals surface area (Å²) in [5.41, 5.74) is -0.972. The number of benzene rings is 1. The number of methoxy groups -OCH3 is 1. The molecule has 3 rings (SSSR count). The van der Waals surface area contributed by atoms with Crippen molar-refractivity contribution < 1.29 is 19.4 Å². The number of aliphatic hydroxyl groups is 1. The van der Waals surface area contributed by atoms with Gasteiger partial charge >= 0.3 is 0 Å². The standard InChI is InChI=1S/C18H21NO4S/c1-22-14-4-2-5-15(10-14)23-11-17(20)19-12-18(21,13-7-8-13)16-6-3-9-24-16/h2-6,9-10,13,21H,7-8,11-12H2,1H3,(H,19,20). The number of thiophene rings is 1. The molecule has 1 aliphatic rings. The Bertz CT molecular complexity index is 684. The summed E-state index contributed by atoms with van der Waals surface area (Å²) in [6.07, 6.45) is 1.98. The van der Waals surface area contributed by atoms with Gasteiger partial charge in [-0.05, 0) is 42.3 Å². The molecule has 1 aliphatic carbocycles. The highest BCUT2D eigenvalue weighted by Gasteiger charge is 2.45. The summed E-state index contributed by atoms with van der Waals surface area (Å²) < 4.78 is 10.6. The smallest absolute Gasteiger partial charge is 0.258 e. The predicted octanol–water partition coefficient (Wildman–Crippen LogP) is 2.55. The average molecular weight is 347 g/mol. The molecule has 1 fully saturated rings. The number of rotatable bonds is 8. The topological polar surface area (TPSA) is 67.8 Å². The van der Waals surface area contributed by atoms with Gasteiger partial charge in [0.15, 0.2) is 6.61 Å². The molecule has 0 radical (unpaired) electrons. The van der Waals surface area contributed by atoms with Gasteiger partial charge in [-0.2, -0.15) is 0 Å². The van der Waals surface area contributed by atoms with Crippen molar-refractivity contribution in [1.82, 2.24) is 5.32 Å². The van der Waals surface area contributed by atoms with Gasteiger partial charge < -0.3 is 19.9 Å². The fraction of sp³-hybridized carbons (Fsp3) is 0.389. The fourth-order valence-electron chi connectivity index (χ4n) is 2.64. The SMILES string of the molecule is COc1cccc(OCC(=O)NCC(O)(c2cccs2)C2CC2)c1. The van der Waals surface area contributed by atoms with Crippen LogP contribution in [0.2, 0.25) is 0 Å². The first kappa shape index (κ1) is 16.8. The quantitative estimate of drug-likeness (QED) is 0.770. The highest BCUT2D eigenvalue weighted by atomic mass is 32.1. The summed E-state index contributed by atoms with van der Waals surface area (Å²) in [5.74, 6) is 1.21. The Morgan fingerprint density at radius 1 is 1.33 bits per heavy atom. The van der Waals surface area contributed by atoms with E-state index in [4.69, 9.17) is 9.47 Å². The number of hydrogen-bond acceptors (Lipinski definition) is 5. The Morgan fingerprint density at radius 2 is 2.12 bits per heavy atom. The van der Waals surface area contributed by atoms with Crippen LogP contribution >= 0.6 is 11.3 Å². The molecule has 128 valence electrons. The van der Waals surface area contributed by atoms with Crippen LogP contribution in [0, 0.1) is 5.92 Å². The van der Waals surface area contributed by atoms with Crippen molar-refractivity contribution in [2.24, 2.45) is 5.92 Å². The van der Waals surface area contributed by atoms with Crippen molar-refractivity contribution in [1.29, 1.82) is 0 Å². The third kappa shape index (κ3) is 3.88. The minimum absolute atomic E-state index is 0.0989. The average Bonchev–Trinajstić information content (AvgIpc) is 3.33. The zero-order valence-corrected chi connectivity index (χ0v) is 14.3. The normalized spacial score (nSPS) is 16.2. The maximum Gasteiger partial charge on any atom is 0.258 e. The van der Waals surface area contributed by atoms with E-state index < -0.39 is 5.60 Å². The van der Waals surface area contributed by atoms with Gasteiger partial charge in [-0.3, -0.25) is 4.79 Å². The number of carbonyl (C=O) groups is 1. The van der Waals surface area contributed by atoms with Gasteiger partial charge in [0.25, 0.3) is 5.91 Å². The number of nitrogens with one attached hydrogen (secondary N) is 1. The Labute approximate surface area is 145 Å². The lowest BCUT2D eigenvalue weighted by molar-refractivity contribution is -0.124. The van der Waals surface area contributed by atoms with E-state index in [1.165, 1.54) is 11.3 Å². The summed E-state index contributed by atoms with van der Waals surface area (Å²) in [7, 11) is 1.58. The molecule has 1 unspecified atom stereocenters. The van der Waals surface area contributed by atoms with Crippen LogP contribution in [-0.2, 0) is 10.4 Å². The first-order valence-electron chi connectivity index (χ1n) is 7.92. The van der Waals surface area contributed by atoms with E-state index in [0.717, 1.165) is 17.7 Å². The maximum atomic E-state index is 12.1. The fourth-order valence-corrected chi connectivity index (χ4v) is 3.55. The Balaban J connectivity index is 1.53. The minimum atomic E-state index is -0.972. The third-order valence-corrected chi connectivity index (χ3v) is 5.20. The molecule has 1 atom stereocenters. The number of ether oxygens (including phenoxy) is 2. The molecular formula is C18H21NO4S. The van der Waals surface area contributed by atoms with Crippen molar-refractivity contribution in [3.63, 3.8) is 0 Å². The molecule has 5 nitrogen and oxygen atoms in total. The zero-order valence-electron chi connectivity index (χ0n) is 13.5. The highest BCUT2D eigenvalue weighted by Crippen LogP contribution is 2.46. The van der Waals surface area contributed by atoms with E-state index in [9.17, 15) is 9.90 Å². The second-order valence-corrected chi connectivity index (χ2v) is 6.87. The Kier molecular flexibility index (Phi) is 5.06. The van der Waals surface area contributed by atoms with Gasteiger partial charge in [0, 0.05) is 10.9 Å². The van der Waals surface area contributed by atoms with Gasteiger partial charge in [0.05, 0.1) is 13.7 Å². The van der Waals surface area contributed by atoms with Crippen molar-refractivity contribution in [2.45, 2.75) is 18.4 Å². The second kappa shape index (κ2) is 7.23. The van der Waals surface area contributed by atoms with Crippen LogP contribution in [0.3, 0.4) is 0 Å². The van der Waals surface area contributed by atoms with Gasteiger partial charge in [0.1, 0.15) is 17.1 Å². The lowest BCUT2D eigenvalue weighted by atomic mass is 9.95. The molecule has 1 aromatic heterocycles. The monoisotopic (exact) mass is 347 g/mol. The largest absolute Gasteiger partial charge is 0.497 e. The van der Waals surface area contributed by atoms with Crippen LogP contribution in [-0.4, -0.2) is 31.3 Å². The van der Waals surface area contributed by atoms with E-state index in [-0.39, 0.29) is 25.0 Å². The first-order chi connectivity index (χ1) is 11.6. The van der Waals surface area contributed by atoms with Crippen molar-refractivity contribution in [3.8, 4) is 11.5 Å². The van der Waals surface area contributed by atoms with E-state index >= 15 is 0 Å². The lowest BCUT2D eigenvalue weighted by Crippen LogP contribution is -2.43. The maximum absolute atomic E-state index is 12.1. The molecule has 2 N–H and O–H groups in total. The predicted molar refractivity (Wildman–Crippen MR) is 92.4 cm³/mol. The molecule has 1 saturated carbocycles. The molecule has 1 amide bonds. The molecule has 6 heteroatoms. The first-order valence-corrected chi connectivity index (χ1v) is 8.79. The third-order valence-electron chi connectivity index (χ3n) is 4.17. The van der Waals surface area contributed by atoms with E-state index in [2.05, 4.69) is 5.32 Å². The van der Waals surface area contributed by atoms with Crippen molar-refractivity contribution in [2.75, 3.05) is 20.3 Å².